The molecule has 0 N–H and O–H groups in total. The molecule has 0 heterocycles. The van der Waals surface area contributed by atoms with Crippen molar-refractivity contribution >= 4 is 24.8 Å². The second kappa shape index (κ2) is 2790. The van der Waals surface area contributed by atoms with Crippen molar-refractivity contribution in [3.8, 4) is 0 Å². The molecule has 0 nitrogen and oxygen atoms in total. The Morgan fingerprint density at radius 1 is 0.667 bits per heavy atom. The molecule has 0 rings (SSSR count). The summed E-state index contributed by atoms with van der Waals surface area (Å²) in [6.07, 6.45) is 0. The maximum absolute atomic E-state index is 3.00. The fourth-order valence-electron chi connectivity index (χ4n) is 0. The molecule has 0 radical (unpaired) electrons. The second-order valence-corrected chi connectivity index (χ2v) is 0. The number of hydrogen-bond donors (Lipinski definition) is 0. The van der Waals surface area contributed by atoms with Gasteiger partial charge in [-0.2, -0.15) is 0 Å². The molecule has 0 aromatic heterocycles. The highest BCUT2D eigenvalue weighted by molar-refractivity contribution is 5.85. The standard InChI is InChI=1S/C2H4.2ClH.2FH/c1-2;;;;/h1-2H2;4*1H. The molecule has 6 heavy (non-hydrogen) atoms. The Balaban J connectivity index is -0.000000000833. The van der Waals surface area contributed by atoms with Crippen LogP contribution in [-0.4, -0.2) is 0 Å². The van der Waals surface area contributed by atoms with Crippen LogP contribution in [0.1, 0.15) is 0 Å². The van der Waals surface area contributed by atoms with Gasteiger partial charge in [-0.15, -0.1) is 38.0 Å². The zero-order valence-corrected chi connectivity index (χ0v) is 4.68. The summed E-state index contributed by atoms with van der Waals surface area (Å²) in [6.45, 7) is 6.00. The first-order chi connectivity index (χ1) is 1.00. The van der Waals surface area contributed by atoms with Crippen LogP contribution < -0.4 is 0 Å². The highest BCUT2D eigenvalue weighted by Gasteiger charge is 0.601. The Hall–Kier alpha value is 0.180. The minimum absolute atomic E-state index is 0. The Kier molecular flexibility index (Phi) is 55400. The number of halogens is 4. The van der Waals surface area contributed by atoms with Gasteiger partial charge in [0.2, 0.25) is 0 Å². The maximum atomic E-state index is 3.00. The fourth-order valence-corrected chi connectivity index (χ4v) is 0. The quantitative estimate of drug-likeness (QED) is 0.452. The Morgan fingerprint density at radius 2 is 0.667 bits per heavy atom. The van der Waals surface area contributed by atoms with E-state index in [-0.39, 0.29) is 34.2 Å². The monoisotopic (exact) mass is 140 g/mol. The lowest BCUT2D eigenvalue weighted by atomic mass is 11.3. The maximum Gasteiger partial charge on any atom is -0.106 e. The summed E-state index contributed by atoms with van der Waals surface area (Å²) in [4.78, 5) is 0. The Bertz CT molecular complexity index is 9.51. The molecular weight excluding hydrogens is 133 g/mol. The average Bonchev–Trinajstić information content (AvgIpc) is 1.00. The molecule has 0 atom stereocenters. The normalized spacial score (nSPS) is 0.667. The van der Waals surface area contributed by atoms with Crippen LogP contribution in [0.5, 0.6) is 0 Å². The van der Waals surface area contributed by atoms with Gasteiger partial charge in [0.15, 0.2) is 0 Å². The smallest absolute Gasteiger partial charge is 0.106 e. The molecule has 0 amide bonds. The van der Waals surface area contributed by atoms with Crippen molar-refractivity contribution in [2.75, 3.05) is 0 Å². The van der Waals surface area contributed by atoms with E-state index < -0.39 is 0 Å². The SMILES string of the molecule is C=C.Cl.Cl.F.F. The van der Waals surface area contributed by atoms with Crippen LogP contribution in [-0.2, 0) is 0 Å². The molecule has 0 bridgehead atoms. The molecule has 0 fully saturated rings. The first kappa shape index (κ1) is 119. The van der Waals surface area contributed by atoms with Gasteiger partial charge in [-0.05, 0) is 0 Å². The van der Waals surface area contributed by atoms with Crippen molar-refractivity contribution in [3.63, 3.8) is 0 Å². The van der Waals surface area contributed by atoms with Crippen LogP contribution in [0, 0.1) is 0 Å². The Labute approximate surface area is 48.2 Å². The molecule has 0 aliphatic heterocycles. The molecule has 0 saturated carbocycles. The van der Waals surface area contributed by atoms with Crippen LogP contribution in [0.15, 0.2) is 13.2 Å². The van der Waals surface area contributed by atoms with Gasteiger partial charge < -0.3 is 0 Å². The van der Waals surface area contributed by atoms with Crippen LogP contribution in [0.25, 0.3) is 0 Å². The van der Waals surface area contributed by atoms with E-state index in [1.807, 2.05) is 0 Å². The molecular formula is C2H8Cl2F2. The molecule has 0 spiro atoms. The van der Waals surface area contributed by atoms with E-state index >= 15 is 0 Å². The Morgan fingerprint density at radius 3 is 0.667 bits per heavy atom. The summed E-state index contributed by atoms with van der Waals surface area (Å²) in [5, 5.41) is 0. The molecule has 0 saturated heterocycles. The van der Waals surface area contributed by atoms with Gasteiger partial charge >= 0.3 is 0 Å². The first-order valence-corrected chi connectivity index (χ1v) is 0.500. The van der Waals surface area contributed by atoms with Gasteiger partial charge in [0.25, 0.3) is 0 Å². The lowest BCUT2D eigenvalue weighted by molar-refractivity contribution is 1.11. The zero-order valence-electron chi connectivity index (χ0n) is 3.05. The van der Waals surface area contributed by atoms with Crippen LogP contribution in [0.3, 0.4) is 0 Å². The predicted octanol–water partition coefficient (Wildman–Crippen LogP) is 1.95. The summed E-state index contributed by atoms with van der Waals surface area (Å²) in [5.41, 5.74) is 0. The molecule has 44 valence electrons. The van der Waals surface area contributed by atoms with Crippen LogP contribution in [0.4, 0.5) is 9.41 Å². The van der Waals surface area contributed by atoms with Gasteiger partial charge in [0.05, 0.1) is 0 Å². The van der Waals surface area contributed by atoms with Crippen LogP contribution >= 0.6 is 24.8 Å². The van der Waals surface area contributed by atoms with E-state index in [1.165, 1.54) is 0 Å². The third-order valence-electron chi connectivity index (χ3n) is 0. The van der Waals surface area contributed by atoms with Crippen molar-refractivity contribution in [1.82, 2.24) is 0 Å². The van der Waals surface area contributed by atoms with Gasteiger partial charge in [-0.25, -0.2) is 0 Å². The van der Waals surface area contributed by atoms with E-state index in [9.17, 15) is 0 Å². The van der Waals surface area contributed by atoms with Crippen molar-refractivity contribution < 1.29 is 9.41 Å². The third kappa shape index (κ3) is 1300. The summed E-state index contributed by atoms with van der Waals surface area (Å²) < 4.78 is 0. The van der Waals surface area contributed by atoms with Crippen molar-refractivity contribution in [2.45, 2.75) is 0 Å². The lowest BCUT2D eigenvalue weighted by Crippen LogP contribution is -0.552. The predicted molar refractivity (Wildman–Crippen MR) is 30.8 cm³/mol. The molecule has 0 aromatic rings. The second-order valence-electron chi connectivity index (χ2n) is 0. The van der Waals surface area contributed by atoms with Gasteiger partial charge in [-0.3, -0.25) is 9.41 Å². The topological polar surface area (TPSA) is 0 Å². The van der Waals surface area contributed by atoms with Crippen molar-refractivity contribution in [2.24, 2.45) is 0 Å². The number of rotatable bonds is 0. The summed E-state index contributed by atoms with van der Waals surface area (Å²) in [6, 6.07) is 0. The van der Waals surface area contributed by atoms with E-state index in [2.05, 4.69) is 13.2 Å². The summed E-state index contributed by atoms with van der Waals surface area (Å²) in [7, 11) is 0. The summed E-state index contributed by atoms with van der Waals surface area (Å²) in [5.74, 6) is 0. The van der Waals surface area contributed by atoms with E-state index in [0.29, 0.717) is 0 Å². The average molecular weight is 141 g/mol. The highest BCUT2D eigenvalue weighted by Crippen LogP contribution is 0.862. The fraction of sp³-hybridized carbons (Fsp3) is 0. The minimum atomic E-state index is 0. The largest absolute Gasteiger partial charge is 0.269 e. The minimum Gasteiger partial charge on any atom is -0.269 e. The van der Waals surface area contributed by atoms with E-state index in [1.54, 1.807) is 0 Å². The van der Waals surface area contributed by atoms with E-state index in [0.717, 1.165) is 0 Å². The molecule has 0 aromatic carbocycles. The number of hydrogen-bond acceptors (Lipinski definition) is 0. The van der Waals surface area contributed by atoms with Gasteiger partial charge in [0.1, 0.15) is 0 Å². The van der Waals surface area contributed by atoms with Gasteiger partial charge in [0, 0.05) is 0 Å². The zero-order chi connectivity index (χ0) is 2.00. The molecule has 0 aliphatic carbocycles. The first-order valence-electron chi connectivity index (χ1n) is 0.500. The lowest BCUT2D eigenvalue weighted by Gasteiger charge is -0.813. The van der Waals surface area contributed by atoms with Gasteiger partial charge in [-0.1, -0.05) is 0 Å². The third-order valence-corrected chi connectivity index (χ3v) is 0. The molecule has 0 unspecified atom stereocenters. The molecule has 4 heteroatoms. The highest BCUT2D eigenvalue weighted by atomic mass is 35.5. The van der Waals surface area contributed by atoms with Crippen molar-refractivity contribution in [1.29, 1.82) is 0 Å². The van der Waals surface area contributed by atoms with E-state index in [4.69, 9.17) is 0 Å². The molecule has 0 aliphatic rings. The van der Waals surface area contributed by atoms with Crippen LogP contribution in [0.2, 0.25) is 0 Å². The van der Waals surface area contributed by atoms with Crippen molar-refractivity contribution in [3.05, 3.63) is 13.2 Å². The summed E-state index contributed by atoms with van der Waals surface area (Å²) >= 11 is 0.